The van der Waals surface area contributed by atoms with Gasteiger partial charge in [-0.2, -0.15) is 0 Å². The van der Waals surface area contributed by atoms with Crippen molar-refractivity contribution in [3.05, 3.63) is 69.5 Å². The number of nitrogens with one attached hydrogen (secondary N) is 2. The third-order valence-corrected chi connectivity index (χ3v) is 3.83. The van der Waals surface area contributed by atoms with E-state index in [1.54, 1.807) is 42.5 Å². The van der Waals surface area contributed by atoms with Crippen LogP contribution in [0.5, 0.6) is 0 Å². The molecule has 6 heteroatoms. The van der Waals surface area contributed by atoms with Gasteiger partial charge in [-0.25, -0.2) is 4.98 Å². The fraction of sp³-hybridized carbons (Fsp3) is 0. The fourth-order valence-corrected chi connectivity index (χ4v) is 2.68. The number of hydrogen-bond donors (Lipinski definition) is 2. The Labute approximate surface area is 134 Å². The number of para-hydroxylation sites is 1. The Hall–Kier alpha value is -2.92. The zero-order valence-corrected chi connectivity index (χ0v) is 12.5. The van der Waals surface area contributed by atoms with Gasteiger partial charge in [0.2, 0.25) is 5.55 Å². The highest BCUT2D eigenvalue weighted by molar-refractivity contribution is 6.31. The van der Waals surface area contributed by atoms with E-state index >= 15 is 0 Å². The van der Waals surface area contributed by atoms with E-state index in [1.165, 1.54) is 0 Å². The number of benzene rings is 2. The summed E-state index contributed by atoms with van der Waals surface area (Å²) in [6.07, 6.45) is 0. The summed E-state index contributed by atoms with van der Waals surface area (Å²) >= 11 is 6.00. The van der Waals surface area contributed by atoms with Gasteiger partial charge in [0, 0.05) is 10.4 Å². The molecule has 0 saturated carbocycles. The third-order valence-electron chi connectivity index (χ3n) is 3.60. The molecule has 0 aliphatic heterocycles. The van der Waals surface area contributed by atoms with E-state index in [0.717, 1.165) is 5.39 Å². The summed E-state index contributed by atoms with van der Waals surface area (Å²) in [4.78, 5) is 19.3. The van der Waals surface area contributed by atoms with Crippen molar-refractivity contribution in [2.45, 2.75) is 0 Å². The van der Waals surface area contributed by atoms with Gasteiger partial charge in [0.15, 0.2) is 0 Å². The lowest BCUT2D eigenvalue weighted by Gasteiger charge is -2.05. The molecule has 0 radical (unpaired) electrons. The molecule has 0 unspecified atom stereocenters. The molecule has 0 atom stereocenters. The molecule has 112 valence electrons. The van der Waals surface area contributed by atoms with Gasteiger partial charge in [-0.1, -0.05) is 23.7 Å². The van der Waals surface area contributed by atoms with E-state index in [4.69, 9.17) is 21.4 Å². The predicted molar refractivity (Wildman–Crippen MR) is 88.4 cm³/mol. The summed E-state index contributed by atoms with van der Waals surface area (Å²) in [6, 6.07) is 13.9. The number of fused-ring (bicyclic) bond motifs is 2. The van der Waals surface area contributed by atoms with Crippen LogP contribution in [0.2, 0.25) is 5.02 Å². The lowest BCUT2D eigenvalue weighted by molar-refractivity contribution is 0.535. The molecule has 23 heavy (non-hydrogen) atoms. The first-order valence-corrected chi connectivity index (χ1v) is 7.27. The van der Waals surface area contributed by atoms with Crippen LogP contribution in [0.15, 0.2) is 57.7 Å². The molecule has 0 bridgehead atoms. The van der Waals surface area contributed by atoms with E-state index in [0.29, 0.717) is 32.9 Å². The van der Waals surface area contributed by atoms with Crippen LogP contribution < -0.4 is 11.1 Å². The van der Waals surface area contributed by atoms with Crippen LogP contribution in [-0.4, -0.2) is 9.97 Å². The molecule has 0 spiro atoms. The maximum atomic E-state index is 12.2. The van der Waals surface area contributed by atoms with Gasteiger partial charge in [0.25, 0.3) is 5.56 Å². The van der Waals surface area contributed by atoms with Gasteiger partial charge in [-0.15, -0.1) is 0 Å². The van der Waals surface area contributed by atoms with Crippen molar-refractivity contribution >= 4 is 33.5 Å². The van der Waals surface area contributed by atoms with Gasteiger partial charge in [0.05, 0.1) is 16.5 Å². The maximum Gasteiger partial charge on any atom is 0.259 e. The van der Waals surface area contributed by atoms with Crippen molar-refractivity contribution in [3.8, 4) is 11.4 Å². The lowest BCUT2D eigenvalue weighted by Crippen LogP contribution is -2.13. The first-order valence-electron chi connectivity index (χ1n) is 6.89. The molecular formula is C17H10ClN3O2. The SMILES string of the molecule is N=c1oc2ccc(Cl)cc2cc1-c1nc2ccccc2c(=O)[nH]1. The topological polar surface area (TPSA) is 82.7 Å². The van der Waals surface area contributed by atoms with Gasteiger partial charge in [0.1, 0.15) is 11.4 Å². The molecule has 2 aromatic heterocycles. The highest BCUT2D eigenvalue weighted by Gasteiger charge is 2.10. The second kappa shape index (κ2) is 5.07. The minimum absolute atomic E-state index is 0.0711. The first-order chi connectivity index (χ1) is 11.1. The van der Waals surface area contributed by atoms with Crippen LogP contribution in [0.4, 0.5) is 0 Å². The Morgan fingerprint density at radius 3 is 2.83 bits per heavy atom. The quantitative estimate of drug-likeness (QED) is 0.562. The molecule has 2 N–H and O–H groups in total. The number of rotatable bonds is 1. The van der Waals surface area contributed by atoms with Crippen LogP contribution >= 0.6 is 11.6 Å². The standard InChI is InChI=1S/C17H10ClN3O2/c18-10-5-6-14-9(7-10)8-12(15(19)23-14)16-20-13-4-2-1-3-11(13)17(22)21-16/h1-8,19H,(H,20,21,22). The van der Waals surface area contributed by atoms with Crippen molar-refractivity contribution in [3.63, 3.8) is 0 Å². The smallest absolute Gasteiger partial charge is 0.259 e. The Kier molecular flexibility index (Phi) is 3.02. The maximum absolute atomic E-state index is 12.2. The molecule has 4 rings (SSSR count). The zero-order valence-electron chi connectivity index (χ0n) is 11.8. The Balaban J connectivity index is 2.04. The van der Waals surface area contributed by atoms with Gasteiger partial charge < -0.3 is 9.40 Å². The molecule has 0 aliphatic carbocycles. The van der Waals surface area contributed by atoms with E-state index in [2.05, 4.69) is 9.97 Å². The second-order valence-electron chi connectivity index (χ2n) is 5.10. The number of halogens is 1. The van der Waals surface area contributed by atoms with Gasteiger partial charge in [-0.3, -0.25) is 10.2 Å². The third kappa shape index (κ3) is 2.31. The average Bonchev–Trinajstić information content (AvgIpc) is 2.54. The minimum atomic E-state index is -0.254. The number of nitrogens with zero attached hydrogens (tertiary/aromatic N) is 1. The summed E-state index contributed by atoms with van der Waals surface area (Å²) in [5.74, 6) is 0.296. The van der Waals surface area contributed by atoms with Gasteiger partial charge >= 0.3 is 0 Å². The van der Waals surface area contributed by atoms with Crippen molar-refractivity contribution in [2.24, 2.45) is 0 Å². The highest BCUT2D eigenvalue weighted by atomic mass is 35.5. The normalized spacial score (nSPS) is 11.2. The molecule has 0 fully saturated rings. The van der Waals surface area contributed by atoms with Crippen molar-refractivity contribution < 1.29 is 4.42 Å². The number of aromatic nitrogens is 2. The van der Waals surface area contributed by atoms with Crippen LogP contribution in [0.3, 0.4) is 0 Å². The van der Waals surface area contributed by atoms with E-state index in [-0.39, 0.29) is 11.1 Å². The van der Waals surface area contributed by atoms with E-state index < -0.39 is 0 Å². The van der Waals surface area contributed by atoms with Crippen molar-refractivity contribution in [2.75, 3.05) is 0 Å². The molecule has 0 aliphatic rings. The van der Waals surface area contributed by atoms with Crippen LogP contribution in [0.1, 0.15) is 0 Å². The fourth-order valence-electron chi connectivity index (χ4n) is 2.50. The Morgan fingerprint density at radius 2 is 1.96 bits per heavy atom. The lowest BCUT2D eigenvalue weighted by atomic mass is 10.1. The minimum Gasteiger partial charge on any atom is -0.438 e. The largest absolute Gasteiger partial charge is 0.438 e. The second-order valence-corrected chi connectivity index (χ2v) is 5.54. The number of hydrogen-bond acceptors (Lipinski definition) is 4. The van der Waals surface area contributed by atoms with Crippen LogP contribution in [0.25, 0.3) is 33.3 Å². The molecule has 2 heterocycles. The van der Waals surface area contributed by atoms with Crippen molar-refractivity contribution in [1.29, 1.82) is 5.41 Å². The first kappa shape index (κ1) is 13.7. The Morgan fingerprint density at radius 1 is 1.13 bits per heavy atom. The molecule has 5 nitrogen and oxygen atoms in total. The number of H-pyrrole nitrogens is 1. The summed E-state index contributed by atoms with van der Waals surface area (Å²) in [7, 11) is 0. The molecule has 4 aromatic rings. The molecule has 0 saturated heterocycles. The van der Waals surface area contributed by atoms with Crippen molar-refractivity contribution in [1.82, 2.24) is 9.97 Å². The summed E-state index contributed by atoms with van der Waals surface area (Å²) in [5, 5.41) is 9.87. The Bertz CT molecular complexity index is 1180. The molecule has 2 aromatic carbocycles. The van der Waals surface area contributed by atoms with E-state index in [1.807, 2.05) is 6.07 Å². The molecular weight excluding hydrogens is 314 g/mol. The van der Waals surface area contributed by atoms with Crippen LogP contribution in [0, 0.1) is 5.41 Å². The summed E-state index contributed by atoms with van der Waals surface area (Å²) in [5.41, 5.74) is 1.19. The van der Waals surface area contributed by atoms with Gasteiger partial charge in [-0.05, 0) is 36.4 Å². The number of aromatic amines is 1. The predicted octanol–water partition coefficient (Wildman–Crippen LogP) is 3.47. The van der Waals surface area contributed by atoms with Crippen LogP contribution in [-0.2, 0) is 0 Å². The van der Waals surface area contributed by atoms with E-state index in [9.17, 15) is 4.79 Å². The highest BCUT2D eigenvalue weighted by Crippen LogP contribution is 2.22. The zero-order chi connectivity index (χ0) is 16.0. The summed E-state index contributed by atoms with van der Waals surface area (Å²) in [6.45, 7) is 0. The summed E-state index contributed by atoms with van der Waals surface area (Å²) < 4.78 is 5.50. The monoisotopic (exact) mass is 323 g/mol. The molecule has 0 amide bonds. The average molecular weight is 324 g/mol.